The third kappa shape index (κ3) is 3.91. The highest BCUT2D eigenvalue weighted by Crippen LogP contribution is 1.92. The molecule has 0 heterocycles. The Morgan fingerprint density at radius 1 is 1.55 bits per heavy atom. The fraction of sp³-hybridized carbons (Fsp3) is 0.143. The second-order valence-electron chi connectivity index (χ2n) is 1.80. The molecule has 0 aromatic rings. The van der Waals surface area contributed by atoms with Crippen molar-refractivity contribution in [1.29, 1.82) is 0 Å². The molecular formula is C7H8O4. The SMILES string of the molecule is C=C(C)C(=O)OC(=O)C=CO. The van der Waals surface area contributed by atoms with Gasteiger partial charge >= 0.3 is 11.9 Å². The molecular weight excluding hydrogens is 148 g/mol. The molecule has 60 valence electrons. The first kappa shape index (κ1) is 9.42. The number of aliphatic hydroxyl groups excluding tert-OH is 1. The van der Waals surface area contributed by atoms with Crippen LogP contribution in [0.15, 0.2) is 24.5 Å². The Labute approximate surface area is 63.8 Å². The van der Waals surface area contributed by atoms with Crippen molar-refractivity contribution in [3.63, 3.8) is 0 Å². The van der Waals surface area contributed by atoms with E-state index in [1.165, 1.54) is 6.92 Å². The van der Waals surface area contributed by atoms with Gasteiger partial charge in [0.15, 0.2) is 0 Å². The molecule has 0 radical (unpaired) electrons. The molecule has 0 spiro atoms. The predicted molar refractivity (Wildman–Crippen MR) is 37.7 cm³/mol. The van der Waals surface area contributed by atoms with Gasteiger partial charge < -0.3 is 9.84 Å². The summed E-state index contributed by atoms with van der Waals surface area (Å²) in [6.45, 7) is 4.67. The van der Waals surface area contributed by atoms with Crippen molar-refractivity contribution in [2.24, 2.45) is 0 Å². The van der Waals surface area contributed by atoms with E-state index in [1.807, 2.05) is 0 Å². The first-order chi connectivity index (χ1) is 5.07. The smallest absolute Gasteiger partial charge is 0.341 e. The average molecular weight is 156 g/mol. The Bertz CT molecular complexity index is 214. The summed E-state index contributed by atoms with van der Waals surface area (Å²) in [5, 5.41) is 8.07. The molecule has 0 aliphatic rings. The van der Waals surface area contributed by atoms with Crippen LogP contribution in [-0.2, 0) is 14.3 Å². The number of carbonyl (C=O) groups excluding carboxylic acids is 2. The van der Waals surface area contributed by atoms with Gasteiger partial charge in [0.2, 0.25) is 0 Å². The molecule has 4 heteroatoms. The second kappa shape index (κ2) is 4.27. The summed E-state index contributed by atoms with van der Waals surface area (Å²) in [5.74, 6) is -1.71. The highest BCUT2D eigenvalue weighted by Gasteiger charge is 2.06. The number of ether oxygens (including phenoxy) is 1. The lowest BCUT2D eigenvalue weighted by Crippen LogP contribution is -2.10. The van der Waals surface area contributed by atoms with E-state index in [9.17, 15) is 9.59 Å². The van der Waals surface area contributed by atoms with Crippen LogP contribution in [0.3, 0.4) is 0 Å². The molecule has 1 N–H and O–H groups in total. The zero-order valence-corrected chi connectivity index (χ0v) is 6.03. The molecule has 0 aliphatic heterocycles. The zero-order chi connectivity index (χ0) is 8.85. The summed E-state index contributed by atoms with van der Waals surface area (Å²) in [7, 11) is 0. The van der Waals surface area contributed by atoms with Crippen molar-refractivity contribution in [3.8, 4) is 0 Å². The Morgan fingerprint density at radius 3 is 2.45 bits per heavy atom. The number of carbonyl (C=O) groups is 2. The van der Waals surface area contributed by atoms with Crippen LogP contribution in [-0.4, -0.2) is 17.0 Å². The van der Waals surface area contributed by atoms with Gasteiger partial charge in [0.25, 0.3) is 0 Å². The van der Waals surface area contributed by atoms with Gasteiger partial charge in [-0.1, -0.05) is 6.58 Å². The molecule has 0 unspecified atom stereocenters. The van der Waals surface area contributed by atoms with E-state index in [1.54, 1.807) is 0 Å². The number of hydrogen-bond donors (Lipinski definition) is 1. The maximum atomic E-state index is 10.6. The van der Waals surface area contributed by atoms with Crippen LogP contribution >= 0.6 is 0 Å². The van der Waals surface area contributed by atoms with E-state index in [4.69, 9.17) is 5.11 Å². The highest BCUT2D eigenvalue weighted by atomic mass is 16.6. The van der Waals surface area contributed by atoms with Crippen LogP contribution in [0.4, 0.5) is 0 Å². The molecule has 0 fully saturated rings. The Balaban J connectivity index is 3.96. The topological polar surface area (TPSA) is 63.6 Å². The van der Waals surface area contributed by atoms with Gasteiger partial charge in [0.1, 0.15) is 0 Å². The predicted octanol–water partition coefficient (Wildman–Crippen LogP) is 0.704. The van der Waals surface area contributed by atoms with Gasteiger partial charge in [-0.2, -0.15) is 0 Å². The molecule has 0 bridgehead atoms. The second-order valence-corrected chi connectivity index (χ2v) is 1.80. The summed E-state index contributed by atoms with van der Waals surface area (Å²) in [4.78, 5) is 21.0. The first-order valence-corrected chi connectivity index (χ1v) is 2.80. The van der Waals surface area contributed by atoms with Gasteiger partial charge in [0, 0.05) is 5.57 Å². The van der Waals surface area contributed by atoms with Crippen molar-refractivity contribution in [2.45, 2.75) is 6.92 Å². The summed E-state index contributed by atoms with van der Waals surface area (Å²) < 4.78 is 4.13. The molecule has 0 amide bonds. The van der Waals surface area contributed by atoms with Crippen LogP contribution in [0.2, 0.25) is 0 Å². The Morgan fingerprint density at radius 2 is 2.09 bits per heavy atom. The van der Waals surface area contributed by atoms with Gasteiger partial charge in [-0.3, -0.25) is 0 Å². The maximum Gasteiger partial charge on any atom is 0.341 e. The van der Waals surface area contributed by atoms with Gasteiger partial charge in [-0.15, -0.1) is 0 Å². The number of aliphatic hydroxyl groups is 1. The summed E-state index contributed by atoms with van der Waals surface area (Å²) in [6, 6.07) is 0. The summed E-state index contributed by atoms with van der Waals surface area (Å²) in [5.41, 5.74) is 0.129. The lowest BCUT2D eigenvalue weighted by Gasteiger charge is -1.96. The fourth-order valence-corrected chi connectivity index (χ4v) is 0.273. The number of rotatable bonds is 2. The van der Waals surface area contributed by atoms with Crippen molar-refractivity contribution in [2.75, 3.05) is 0 Å². The molecule has 0 aromatic heterocycles. The zero-order valence-electron chi connectivity index (χ0n) is 6.03. The normalized spacial score (nSPS) is 9.55. The first-order valence-electron chi connectivity index (χ1n) is 2.80. The summed E-state index contributed by atoms with van der Waals surface area (Å²) >= 11 is 0. The average Bonchev–Trinajstić information content (AvgIpc) is 1.87. The van der Waals surface area contributed by atoms with E-state index in [2.05, 4.69) is 11.3 Å². The molecule has 0 saturated carbocycles. The Hall–Kier alpha value is -1.58. The minimum absolute atomic E-state index is 0.129. The van der Waals surface area contributed by atoms with Crippen LogP contribution in [0.1, 0.15) is 6.92 Å². The maximum absolute atomic E-state index is 10.6. The third-order valence-electron chi connectivity index (χ3n) is 0.752. The van der Waals surface area contributed by atoms with Gasteiger partial charge in [-0.25, -0.2) is 9.59 Å². The van der Waals surface area contributed by atoms with Crippen LogP contribution in [0.25, 0.3) is 0 Å². The minimum atomic E-state index is -0.916. The number of hydrogen-bond acceptors (Lipinski definition) is 4. The van der Waals surface area contributed by atoms with E-state index in [-0.39, 0.29) is 5.57 Å². The van der Waals surface area contributed by atoms with E-state index in [0.29, 0.717) is 6.26 Å². The molecule has 0 rings (SSSR count). The molecule has 4 nitrogen and oxygen atoms in total. The van der Waals surface area contributed by atoms with E-state index in [0.717, 1.165) is 6.08 Å². The van der Waals surface area contributed by atoms with Crippen molar-refractivity contribution in [3.05, 3.63) is 24.5 Å². The van der Waals surface area contributed by atoms with Gasteiger partial charge in [0.05, 0.1) is 12.3 Å². The number of esters is 2. The van der Waals surface area contributed by atoms with E-state index >= 15 is 0 Å². The molecule has 0 saturated heterocycles. The molecule has 0 aliphatic carbocycles. The van der Waals surface area contributed by atoms with Crippen LogP contribution < -0.4 is 0 Å². The largest absolute Gasteiger partial charge is 0.515 e. The quantitative estimate of drug-likeness (QED) is 0.276. The third-order valence-corrected chi connectivity index (χ3v) is 0.752. The molecule has 11 heavy (non-hydrogen) atoms. The van der Waals surface area contributed by atoms with E-state index < -0.39 is 11.9 Å². The lowest BCUT2D eigenvalue weighted by molar-refractivity contribution is -0.153. The molecule has 0 aromatic carbocycles. The van der Waals surface area contributed by atoms with Crippen molar-refractivity contribution in [1.82, 2.24) is 0 Å². The molecule has 0 atom stereocenters. The van der Waals surface area contributed by atoms with Gasteiger partial charge in [-0.05, 0) is 6.92 Å². The van der Waals surface area contributed by atoms with Crippen molar-refractivity contribution < 1.29 is 19.4 Å². The van der Waals surface area contributed by atoms with Crippen LogP contribution in [0, 0.1) is 0 Å². The Kier molecular flexibility index (Phi) is 3.66. The summed E-state index contributed by atoms with van der Waals surface area (Å²) in [6.07, 6.45) is 1.22. The standard InChI is InChI=1S/C7H8O4/c1-5(2)7(10)11-6(9)3-4-8/h3-4,8H,1H2,2H3. The fourth-order valence-electron chi connectivity index (χ4n) is 0.273. The minimum Gasteiger partial charge on any atom is -0.515 e. The monoisotopic (exact) mass is 156 g/mol. The highest BCUT2D eigenvalue weighted by molar-refractivity contribution is 5.98. The van der Waals surface area contributed by atoms with Crippen LogP contribution in [0.5, 0.6) is 0 Å². The lowest BCUT2D eigenvalue weighted by atomic mass is 10.4. The van der Waals surface area contributed by atoms with Crippen molar-refractivity contribution >= 4 is 11.9 Å².